The van der Waals surface area contributed by atoms with Crippen molar-refractivity contribution in [2.24, 2.45) is 4.99 Å². The SMILES string of the molecule is CCNC(=NCCC1CCCO1)NC1CCN(Cc2ccc(Br)cc2)CC1. The first-order chi connectivity index (χ1) is 13.2. The van der Waals surface area contributed by atoms with Crippen LogP contribution in [0.25, 0.3) is 0 Å². The third kappa shape index (κ3) is 7.09. The average Bonchev–Trinajstić information content (AvgIpc) is 3.19. The maximum atomic E-state index is 5.69. The summed E-state index contributed by atoms with van der Waals surface area (Å²) < 4.78 is 6.84. The van der Waals surface area contributed by atoms with Crippen LogP contribution in [-0.2, 0) is 11.3 Å². The maximum absolute atomic E-state index is 5.69. The van der Waals surface area contributed by atoms with Crippen molar-refractivity contribution in [1.29, 1.82) is 0 Å². The Bertz CT molecular complexity index is 578. The van der Waals surface area contributed by atoms with E-state index in [1.807, 2.05) is 0 Å². The number of benzene rings is 1. The first-order valence-electron chi connectivity index (χ1n) is 10.4. The Morgan fingerprint density at radius 1 is 1.22 bits per heavy atom. The molecule has 0 spiro atoms. The molecule has 0 saturated carbocycles. The van der Waals surface area contributed by atoms with Crippen molar-refractivity contribution in [3.8, 4) is 0 Å². The van der Waals surface area contributed by atoms with Crippen molar-refractivity contribution in [3.05, 3.63) is 34.3 Å². The number of nitrogens with zero attached hydrogens (tertiary/aromatic N) is 2. The molecule has 2 saturated heterocycles. The number of aliphatic imine (C=N–C) groups is 1. The summed E-state index contributed by atoms with van der Waals surface area (Å²) in [5.41, 5.74) is 1.38. The highest BCUT2D eigenvalue weighted by Crippen LogP contribution is 2.17. The lowest BCUT2D eigenvalue weighted by atomic mass is 10.0. The second kappa shape index (κ2) is 11.0. The van der Waals surface area contributed by atoms with Crippen LogP contribution in [0.15, 0.2) is 33.7 Å². The van der Waals surface area contributed by atoms with Crippen LogP contribution in [0.5, 0.6) is 0 Å². The zero-order chi connectivity index (χ0) is 18.9. The molecule has 2 aliphatic heterocycles. The number of hydrogen-bond donors (Lipinski definition) is 2. The average molecular weight is 437 g/mol. The first kappa shape index (κ1) is 20.6. The molecular weight excluding hydrogens is 404 g/mol. The summed E-state index contributed by atoms with van der Waals surface area (Å²) in [5.74, 6) is 0.960. The van der Waals surface area contributed by atoms with Crippen molar-refractivity contribution < 1.29 is 4.74 Å². The van der Waals surface area contributed by atoms with Gasteiger partial charge in [-0.15, -0.1) is 0 Å². The van der Waals surface area contributed by atoms with E-state index in [9.17, 15) is 0 Å². The molecular formula is C21H33BrN4O. The van der Waals surface area contributed by atoms with Gasteiger partial charge in [0.25, 0.3) is 0 Å². The molecule has 6 heteroatoms. The Hall–Kier alpha value is -1.11. The molecule has 5 nitrogen and oxygen atoms in total. The molecule has 1 unspecified atom stereocenters. The minimum atomic E-state index is 0.415. The molecule has 1 aromatic rings. The van der Waals surface area contributed by atoms with Gasteiger partial charge in [0.15, 0.2) is 5.96 Å². The van der Waals surface area contributed by atoms with E-state index in [-0.39, 0.29) is 0 Å². The minimum Gasteiger partial charge on any atom is -0.378 e. The van der Waals surface area contributed by atoms with Gasteiger partial charge in [0.2, 0.25) is 0 Å². The largest absolute Gasteiger partial charge is 0.378 e. The topological polar surface area (TPSA) is 48.9 Å². The number of rotatable bonds is 7. The molecule has 2 aliphatic rings. The van der Waals surface area contributed by atoms with Crippen molar-refractivity contribution in [3.63, 3.8) is 0 Å². The van der Waals surface area contributed by atoms with Crippen LogP contribution in [0, 0.1) is 0 Å². The molecule has 2 N–H and O–H groups in total. The standard InChI is InChI=1S/C21H33BrN4O/c1-2-23-21(24-12-9-20-4-3-15-27-20)25-19-10-13-26(14-11-19)16-17-5-7-18(22)8-6-17/h5-8,19-20H,2-4,9-16H2,1H3,(H2,23,24,25). The predicted molar refractivity (Wildman–Crippen MR) is 115 cm³/mol. The van der Waals surface area contributed by atoms with Crippen LogP contribution in [0.2, 0.25) is 0 Å². The van der Waals surface area contributed by atoms with Crippen LogP contribution in [0.3, 0.4) is 0 Å². The molecule has 27 heavy (non-hydrogen) atoms. The summed E-state index contributed by atoms with van der Waals surface area (Å²) >= 11 is 3.50. The molecule has 3 rings (SSSR count). The van der Waals surface area contributed by atoms with E-state index in [2.05, 4.69) is 62.7 Å². The van der Waals surface area contributed by atoms with Crippen molar-refractivity contribution in [1.82, 2.24) is 15.5 Å². The number of guanidine groups is 1. The molecule has 1 atom stereocenters. The predicted octanol–water partition coefficient (Wildman–Crippen LogP) is 3.54. The quantitative estimate of drug-likeness (QED) is 0.506. The summed E-state index contributed by atoms with van der Waals surface area (Å²) in [4.78, 5) is 7.31. The molecule has 2 fully saturated rings. The summed E-state index contributed by atoms with van der Waals surface area (Å²) in [6, 6.07) is 9.17. The van der Waals surface area contributed by atoms with E-state index in [1.54, 1.807) is 0 Å². The molecule has 0 aliphatic carbocycles. The van der Waals surface area contributed by atoms with Crippen LogP contribution in [-0.4, -0.2) is 55.8 Å². The van der Waals surface area contributed by atoms with Gasteiger partial charge in [-0.2, -0.15) is 0 Å². The summed E-state index contributed by atoms with van der Waals surface area (Å²) in [5, 5.41) is 7.03. The number of piperidine rings is 1. The first-order valence-corrected chi connectivity index (χ1v) is 11.2. The normalized spacial score (nSPS) is 22.1. The van der Waals surface area contributed by atoms with Crippen LogP contribution in [0.1, 0.15) is 44.6 Å². The number of hydrogen-bond acceptors (Lipinski definition) is 3. The fraction of sp³-hybridized carbons (Fsp3) is 0.667. The second-order valence-corrected chi connectivity index (χ2v) is 8.42. The minimum absolute atomic E-state index is 0.415. The van der Waals surface area contributed by atoms with Gasteiger partial charge in [-0.05, 0) is 56.7 Å². The fourth-order valence-electron chi connectivity index (χ4n) is 3.79. The van der Waals surface area contributed by atoms with Crippen LogP contribution in [0.4, 0.5) is 0 Å². The number of ether oxygens (including phenoxy) is 1. The van der Waals surface area contributed by atoms with Gasteiger partial charge in [-0.25, -0.2) is 0 Å². The van der Waals surface area contributed by atoms with Crippen molar-refractivity contribution in [2.45, 2.75) is 57.7 Å². The Morgan fingerprint density at radius 3 is 2.67 bits per heavy atom. The van der Waals surface area contributed by atoms with Gasteiger partial charge >= 0.3 is 0 Å². The number of halogens is 1. The van der Waals surface area contributed by atoms with Crippen molar-refractivity contribution >= 4 is 21.9 Å². The zero-order valence-corrected chi connectivity index (χ0v) is 18.0. The van der Waals surface area contributed by atoms with E-state index >= 15 is 0 Å². The third-order valence-electron chi connectivity index (χ3n) is 5.34. The zero-order valence-electron chi connectivity index (χ0n) is 16.4. The fourth-order valence-corrected chi connectivity index (χ4v) is 4.05. The summed E-state index contributed by atoms with van der Waals surface area (Å²) in [6.45, 7) is 8.07. The smallest absolute Gasteiger partial charge is 0.191 e. The molecule has 0 radical (unpaired) electrons. The number of likely N-dealkylation sites (tertiary alicyclic amines) is 1. The maximum Gasteiger partial charge on any atom is 0.191 e. The highest BCUT2D eigenvalue weighted by atomic mass is 79.9. The molecule has 2 heterocycles. The third-order valence-corrected chi connectivity index (χ3v) is 5.87. The van der Waals surface area contributed by atoms with Crippen LogP contribution >= 0.6 is 15.9 Å². The molecule has 0 amide bonds. The lowest BCUT2D eigenvalue weighted by molar-refractivity contribution is 0.106. The van der Waals surface area contributed by atoms with Crippen LogP contribution < -0.4 is 10.6 Å². The van der Waals surface area contributed by atoms with Gasteiger partial charge in [0.1, 0.15) is 0 Å². The Kier molecular flexibility index (Phi) is 8.42. The van der Waals surface area contributed by atoms with E-state index in [4.69, 9.17) is 9.73 Å². The Labute approximate surface area is 172 Å². The highest BCUT2D eigenvalue weighted by Gasteiger charge is 2.20. The summed E-state index contributed by atoms with van der Waals surface area (Å²) in [6.07, 6.45) is 6.15. The van der Waals surface area contributed by atoms with Crippen molar-refractivity contribution in [2.75, 3.05) is 32.8 Å². The van der Waals surface area contributed by atoms with Gasteiger partial charge in [-0.3, -0.25) is 9.89 Å². The monoisotopic (exact) mass is 436 g/mol. The molecule has 0 aromatic heterocycles. The van der Waals surface area contributed by atoms with Gasteiger partial charge < -0.3 is 15.4 Å². The lowest BCUT2D eigenvalue weighted by Crippen LogP contribution is -2.48. The van der Waals surface area contributed by atoms with Gasteiger partial charge in [0.05, 0.1) is 6.10 Å². The molecule has 150 valence electrons. The highest BCUT2D eigenvalue weighted by molar-refractivity contribution is 9.10. The number of nitrogens with one attached hydrogen (secondary N) is 2. The Balaban J connectivity index is 1.40. The molecule has 0 bridgehead atoms. The van der Waals surface area contributed by atoms with Gasteiger partial charge in [-0.1, -0.05) is 28.1 Å². The van der Waals surface area contributed by atoms with E-state index < -0.39 is 0 Å². The van der Waals surface area contributed by atoms with E-state index in [0.29, 0.717) is 12.1 Å². The van der Waals surface area contributed by atoms with Gasteiger partial charge in [0, 0.05) is 49.8 Å². The summed E-state index contributed by atoms with van der Waals surface area (Å²) in [7, 11) is 0. The van der Waals surface area contributed by atoms with E-state index in [1.165, 1.54) is 18.4 Å². The Morgan fingerprint density at radius 2 is 2.00 bits per heavy atom. The lowest BCUT2D eigenvalue weighted by Gasteiger charge is -2.33. The van der Waals surface area contributed by atoms with E-state index in [0.717, 1.165) is 69.0 Å². The molecule has 1 aromatic carbocycles. The second-order valence-electron chi connectivity index (χ2n) is 7.51.